The summed E-state index contributed by atoms with van der Waals surface area (Å²) in [5.41, 5.74) is -1.67. The number of rotatable bonds is 3. The molecule has 0 aliphatic heterocycles. The maximum Gasteiger partial charge on any atom is 0.321 e. The van der Waals surface area contributed by atoms with E-state index in [1.807, 2.05) is 0 Å². The van der Waals surface area contributed by atoms with Crippen LogP contribution in [0.2, 0.25) is 0 Å². The summed E-state index contributed by atoms with van der Waals surface area (Å²) in [6.45, 7) is 4.35. The molecule has 0 bridgehead atoms. The van der Waals surface area contributed by atoms with Crippen LogP contribution in [0.15, 0.2) is 0 Å². The molecule has 0 aliphatic carbocycles. The molecule has 0 atom stereocenters. The molecule has 0 aromatic heterocycles. The molecule has 0 saturated heterocycles. The Kier molecular flexibility index (Phi) is 2.62. The maximum absolute atomic E-state index is 10.5. The molecular weight excluding hydrogens is 148 g/mol. The van der Waals surface area contributed by atoms with Crippen LogP contribution in [0.5, 0.6) is 0 Å². The molecule has 0 heterocycles. The van der Waals surface area contributed by atoms with Crippen molar-refractivity contribution in [1.82, 2.24) is 0 Å². The second-order valence-electron chi connectivity index (χ2n) is 2.97. The average molecular weight is 160 g/mol. The highest BCUT2D eigenvalue weighted by atomic mass is 16.4. The number of carbonyl (C=O) groups is 2. The van der Waals surface area contributed by atoms with E-state index >= 15 is 0 Å². The molecule has 11 heavy (non-hydrogen) atoms. The van der Waals surface area contributed by atoms with Crippen LogP contribution in [0, 0.1) is 11.3 Å². The van der Waals surface area contributed by atoms with Gasteiger partial charge in [-0.2, -0.15) is 0 Å². The zero-order valence-corrected chi connectivity index (χ0v) is 6.79. The lowest BCUT2D eigenvalue weighted by molar-refractivity contribution is -0.166. The Hall–Kier alpha value is -1.06. The van der Waals surface area contributed by atoms with Gasteiger partial charge in [-0.3, -0.25) is 9.59 Å². The SMILES string of the molecule is CC(C)C(C)(C(=O)O)C(=O)O. The van der Waals surface area contributed by atoms with Crippen molar-refractivity contribution in [2.24, 2.45) is 11.3 Å². The van der Waals surface area contributed by atoms with E-state index in [0.717, 1.165) is 0 Å². The molecule has 0 aliphatic rings. The predicted molar refractivity (Wildman–Crippen MR) is 38.2 cm³/mol. The standard InChI is InChI=1S/C7H12O4/c1-4(2)7(3,5(8)9)6(10)11/h4H,1-3H3,(H,8,9)(H,10,11). The van der Waals surface area contributed by atoms with Crippen LogP contribution in [0.4, 0.5) is 0 Å². The summed E-state index contributed by atoms with van der Waals surface area (Å²) in [4.78, 5) is 21.0. The summed E-state index contributed by atoms with van der Waals surface area (Å²) >= 11 is 0. The van der Waals surface area contributed by atoms with Gasteiger partial charge in [0.05, 0.1) is 0 Å². The van der Waals surface area contributed by atoms with Gasteiger partial charge in [-0.15, -0.1) is 0 Å². The summed E-state index contributed by atoms with van der Waals surface area (Å²) in [7, 11) is 0. The predicted octanol–water partition coefficient (Wildman–Crippen LogP) is 0.818. The highest BCUT2D eigenvalue weighted by Gasteiger charge is 2.44. The highest BCUT2D eigenvalue weighted by molar-refractivity contribution is 5.97. The fraction of sp³-hybridized carbons (Fsp3) is 0.714. The van der Waals surface area contributed by atoms with E-state index in [2.05, 4.69) is 0 Å². The number of hydrogen-bond acceptors (Lipinski definition) is 2. The Morgan fingerprint density at radius 1 is 1.18 bits per heavy atom. The lowest BCUT2D eigenvalue weighted by Crippen LogP contribution is -2.40. The smallest absolute Gasteiger partial charge is 0.321 e. The van der Waals surface area contributed by atoms with Crippen molar-refractivity contribution in [3.63, 3.8) is 0 Å². The van der Waals surface area contributed by atoms with E-state index in [0.29, 0.717) is 0 Å². The van der Waals surface area contributed by atoms with Gasteiger partial charge < -0.3 is 10.2 Å². The van der Waals surface area contributed by atoms with Crippen molar-refractivity contribution < 1.29 is 19.8 Å². The van der Waals surface area contributed by atoms with E-state index in [1.165, 1.54) is 6.92 Å². The van der Waals surface area contributed by atoms with Crippen molar-refractivity contribution >= 4 is 11.9 Å². The van der Waals surface area contributed by atoms with E-state index in [4.69, 9.17) is 10.2 Å². The molecular formula is C7H12O4. The summed E-state index contributed by atoms with van der Waals surface area (Å²) in [5, 5.41) is 17.2. The Morgan fingerprint density at radius 3 is 1.45 bits per heavy atom. The van der Waals surface area contributed by atoms with Gasteiger partial charge in [-0.25, -0.2) is 0 Å². The maximum atomic E-state index is 10.5. The van der Waals surface area contributed by atoms with Gasteiger partial charge in [-0.05, 0) is 12.8 Å². The molecule has 0 aromatic rings. The van der Waals surface area contributed by atoms with Crippen LogP contribution in [-0.2, 0) is 9.59 Å². The molecule has 0 saturated carbocycles. The number of carboxylic acid groups (broad SMARTS) is 2. The first-order valence-electron chi connectivity index (χ1n) is 3.30. The molecule has 0 radical (unpaired) electrons. The largest absolute Gasteiger partial charge is 0.480 e. The fourth-order valence-corrected chi connectivity index (χ4v) is 0.585. The van der Waals surface area contributed by atoms with Crippen molar-refractivity contribution in [3.05, 3.63) is 0 Å². The fourth-order valence-electron chi connectivity index (χ4n) is 0.585. The first-order chi connectivity index (χ1) is 4.83. The van der Waals surface area contributed by atoms with Gasteiger partial charge in [-0.1, -0.05) is 13.8 Å². The van der Waals surface area contributed by atoms with Gasteiger partial charge >= 0.3 is 11.9 Å². The summed E-state index contributed by atoms with van der Waals surface area (Å²) < 4.78 is 0. The minimum Gasteiger partial charge on any atom is -0.480 e. The van der Waals surface area contributed by atoms with Gasteiger partial charge in [0, 0.05) is 0 Å². The van der Waals surface area contributed by atoms with E-state index in [9.17, 15) is 9.59 Å². The Labute approximate surface area is 64.8 Å². The van der Waals surface area contributed by atoms with Crippen LogP contribution in [0.3, 0.4) is 0 Å². The van der Waals surface area contributed by atoms with Crippen LogP contribution in [0.1, 0.15) is 20.8 Å². The second kappa shape index (κ2) is 2.90. The van der Waals surface area contributed by atoms with Crippen LogP contribution >= 0.6 is 0 Å². The minimum atomic E-state index is -1.67. The zero-order chi connectivity index (χ0) is 9.23. The van der Waals surface area contributed by atoms with Gasteiger partial charge in [0.2, 0.25) is 0 Å². The van der Waals surface area contributed by atoms with Crippen molar-refractivity contribution in [3.8, 4) is 0 Å². The first-order valence-corrected chi connectivity index (χ1v) is 3.30. The Balaban J connectivity index is 4.82. The van der Waals surface area contributed by atoms with E-state index < -0.39 is 23.3 Å². The van der Waals surface area contributed by atoms with Crippen LogP contribution < -0.4 is 0 Å². The molecule has 0 unspecified atom stereocenters. The van der Waals surface area contributed by atoms with Gasteiger partial charge in [0.15, 0.2) is 5.41 Å². The molecule has 0 fully saturated rings. The molecule has 0 amide bonds. The minimum absolute atomic E-state index is 0.419. The molecule has 0 spiro atoms. The lowest BCUT2D eigenvalue weighted by Gasteiger charge is -2.23. The molecule has 0 rings (SSSR count). The third-order valence-corrected chi connectivity index (χ3v) is 2.04. The Morgan fingerprint density at radius 2 is 1.45 bits per heavy atom. The molecule has 2 N–H and O–H groups in total. The van der Waals surface area contributed by atoms with Crippen LogP contribution in [-0.4, -0.2) is 22.2 Å². The van der Waals surface area contributed by atoms with Gasteiger partial charge in [0.1, 0.15) is 0 Å². The topological polar surface area (TPSA) is 74.6 Å². The number of hydrogen-bond donors (Lipinski definition) is 2. The van der Waals surface area contributed by atoms with Crippen molar-refractivity contribution in [1.29, 1.82) is 0 Å². The zero-order valence-electron chi connectivity index (χ0n) is 6.79. The Bertz CT molecular complexity index is 169. The monoisotopic (exact) mass is 160 g/mol. The summed E-state index contributed by atoms with van der Waals surface area (Å²) in [6, 6.07) is 0. The molecule has 4 heteroatoms. The van der Waals surface area contributed by atoms with Crippen molar-refractivity contribution in [2.45, 2.75) is 20.8 Å². The third-order valence-electron chi connectivity index (χ3n) is 2.04. The number of carboxylic acids is 2. The molecule has 64 valence electrons. The lowest BCUT2D eigenvalue weighted by atomic mass is 9.79. The second-order valence-corrected chi connectivity index (χ2v) is 2.97. The summed E-state index contributed by atoms with van der Waals surface area (Å²) in [6.07, 6.45) is 0. The van der Waals surface area contributed by atoms with Crippen molar-refractivity contribution in [2.75, 3.05) is 0 Å². The molecule has 0 aromatic carbocycles. The average Bonchev–Trinajstić information content (AvgIpc) is 1.84. The third kappa shape index (κ3) is 1.50. The summed E-state index contributed by atoms with van der Waals surface area (Å²) in [5.74, 6) is -3.00. The van der Waals surface area contributed by atoms with Gasteiger partial charge in [0.25, 0.3) is 0 Å². The molecule has 4 nitrogen and oxygen atoms in total. The normalized spacial score (nSPS) is 11.6. The van der Waals surface area contributed by atoms with Crippen LogP contribution in [0.25, 0.3) is 0 Å². The quantitative estimate of drug-likeness (QED) is 0.599. The van der Waals surface area contributed by atoms with E-state index in [1.54, 1.807) is 13.8 Å². The number of aliphatic carboxylic acids is 2. The first kappa shape index (κ1) is 9.94. The van der Waals surface area contributed by atoms with E-state index in [-0.39, 0.29) is 0 Å². The highest BCUT2D eigenvalue weighted by Crippen LogP contribution is 2.27.